The molecule has 3 nitrogen and oxygen atoms in total. The van der Waals surface area contributed by atoms with Crippen molar-refractivity contribution in [1.82, 2.24) is 9.78 Å². The van der Waals surface area contributed by atoms with E-state index in [4.69, 9.17) is 0 Å². The minimum Gasteiger partial charge on any atom is -0.288 e. The third-order valence-electron chi connectivity index (χ3n) is 1.70. The van der Waals surface area contributed by atoms with Gasteiger partial charge in [-0.2, -0.15) is 5.10 Å². The molecule has 5 heteroatoms. The lowest BCUT2D eigenvalue weighted by Crippen LogP contribution is -2.11. The second kappa shape index (κ2) is 3.00. The molecule has 12 heavy (non-hydrogen) atoms. The molecule has 1 rings (SSSR count). The summed E-state index contributed by atoms with van der Waals surface area (Å²) in [6.45, 7) is 1.57. The zero-order valence-electron chi connectivity index (χ0n) is 6.71. The molecular formula is C7H8F2N2O. The minimum atomic E-state index is -2.95. The summed E-state index contributed by atoms with van der Waals surface area (Å²) >= 11 is 0. The summed E-state index contributed by atoms with van der Waals surface area (Å²) in [4.78, 5) is 10.8. The largest absolute Gasteiger partial charge is 0.300 e. The second-order valence-electron chi connectivity index (χ2n) is 2.43. The van der Waals surface area contributed by atoms with Gasteiger partial charge in [0.15, 0.2) is 0 Å². The van der Waals surface area contributed by atoms with Crippen LogP contribution in [0.5, 0.6) is 0 Å². The van der Waals surface area contributed by atoms with E-state index in [9.17, 15) is 13.6 Å². The molecule has 0 saturated heterocycles. The summed E-state index contributed by atoms with van der Waals surface area (Å²) < 4.78 is 25.2. The first kappa shape index (κ1) is 8.83. The lowest BCUT2D eigenvalue weighted by Gasteiger charge is -1.97. The molecule has 0 aliphatic carbocycles. The SMILES string of the molecule is Cc1c(C(=O)C(F)F)cnn1C. The maximum Gasteiger partial charge on any atom is 0.300 e. The molecule has 0 aromatic carbocycles. The highest BCUT2D eigenvalue weighted by Gasteiger charge is 2.21. The molecule has 0 aliphatic heterocycles. The van der Waals surface area contributed by atoms with Crippen molar-refractivity contribution in [3.8, 4) is 0 Å². The van der Waals surface area contributed by atoms with E-state index < -0.39 is 12.2 Å². The van der Waals surface area contributed by atoms with Crippen LogP contribution in [0.1, 0.15) is 16.1 Å². The molecule has 0 spiro atoms. The van der Waals surface area contributed by atoms with E-state index in [-0.39, 0.29) is 5.56 Å². The summed E-state index contributed by atoms with van der Waals surface area (Å²) in [6.07, 6.45) is -1.79. The molecule has 0 amide bonds. The summed E-state index contributed by atoms with van der Waals surface area (Å²) in [5, 5.41) is 3.68. The first-order valence-corrected chi connectivity index (χ1v) is 3.35. The number of hydrogen-bond donors (Lipinski definition) is 0. The number of aryl methyl sites for hydroxylation is 1. The number of Topliss-reactive ketones (excluding diaryl/α,β-unsaturated/α-hetero) is 1. The van der Waals surface area contributed by atoms with Crippen molar-refractivity contribution in [2.45, 2.75) is 13.3 Å². The van der Waals surface area contributed by atoms with Crippen LogP contribution in [0.2, 0.25) is 0 Å². The standard InChI is InChI=1S/C7H8F2N2O/c1-4-5(3-10-11(4)2)6(12)7(8)9/h3,7H,1-2H3. The molecular weight excluding hydrogens is 166 g/mol. The van der Waals surface area contributed by atoms with Gasteiger partial charge in [0.05, 0.1) is 11.8 Å². The van der Waals surface area contributed by atoms with Crippen molar-refractivity contribution in [2.24, 2.45) is 7.05 Å². The zero-order valence-corrected chi connectivity index (χ0v) is 6.71. The maximum absolute atomic E-state index is 11.9. The fourth-order valence-corrected chi connectivity index (χ4v) is 0.858. The first-order valence-electron chi connectivity index (χ1n) is 3.35. The van der Waals surface area contributed by atoms with Crippen LogP contribution in [-0.4, -0.2) is 22.0 Å². The van der Waals surface area contributed by atoms with Gasteiger partial charge in [0.1, 0.15) is 0 Å². The van der Waals surface area contributed by atoms with Gasteiger partial charge in [-0.15, -0.1) is 0 Å². The molecule has 66 valence electrons. The number of carbonyl (C=O) groups is 1. The molecule has 0 saturated carbocycles. The van der Waals surface area contributed by atoms with Gasteiger partial charge >= 0.3 is 6.43 Å². The van der Waals surface area contributed by atoms with Gasteiger partial charge in [-0.1, -0.05) is 0 Å². The molecule has 1 aromatic rings. The van der Waals surface area contributed by atoms with Crippen molar-refractivity contribution < 1.29 is 13.6 Å². The molecule has 0 atom stereocenters. The maximum atomic E-state index is 11.9. The van der Waals surface area contributed by atoms with Crippen molar-refractivity contribution in [2.75, 3.05) is 0 Å². The van der Waals surface area contributed by atoms with Crippen LogP contribution in [0.15, 0.2) is 6.20 Å². The molecule has 1 aromatic heterocycles. The van der Waals surface area contributed by atoms with Crippen LogP contribution < -0.4 is 0 Å². The van der Waals surface area contributed by atoms with E-state index in [1.165, 1.54) is 4.68 Å². The molecule has 0 unspecified atom stereocenters. The molecule has 0 fully saturated rings. The average Bonchev–Trinajstić information content (AvgIpc) is 2.32. The molecule has 0 bridgehead atoms. The Hall–Kier alpha value is -1.26. The van der Waals surface area contributed by atoms with Crippen molar-refractivity contribution in [1.29, 1.82) is 0 Å². The third-order valence-corrected chi connectivity index (χ3v) is 1.70. The molecule has 0 radical (unpaired) electrons. The summed E-state index contributed by atoms with van der Waals surface area (Å²) in [5.74, 6) is -1.17. The Bertz CT molecular complexity index is 306. The van der Waals surface area contributed by atoms with Gasteiger partial charge in [0, 0.05) is 12.7 Å². The van der Waals surface area contributed by atoms with Gasteiger partial charge in [0.25, 0.3) is 0 Å². The van der Waals surface area contributed by atoms with E-state index >= 15 is 0 Å². The lowest BCUT2D eigenvalue weighted by atomic mass is 10.2. The van der Waals surface area contributed by atoms with Crippen LogP contribution in [0.3, 0.4) is 0 Å². The number of carbonyl (C=O) groups excluding carboxylic acids is 1. The van der Waals surface area contributed by atoms with Crippen molar-refractivity contribution in [3.05, 3.63) is 17.5 Å². The number of hydrogen-bond acceptors (Lipinski definition) is 2. The third kappa shape index (κ3) is 1.34. The number of alkyl halides is 2. The number of ketones is 1. The topological polar surface area (TPSA) is 34.9 Å². The number of rotatable bonds is 2. The molecule has 1 heterocycles. The number of nitrogens with zero attached hydrogens (tertiary/aromatic N) is 2. The fraction of sp³-hybridized carbons (Fsp3) is 0.429. The fourth-order valence-electron chi connectivity index (χ4n) is 0.858. The smallest absolute Gasteiger partial charge is 0.288 e. The van der Waals surface area contributed by atoms with E-state index in [0.717, 1.165) is 6.20 Å². The lowest BCUT2D eigenvalue weighted by molar-refractivity contribution is 0.0678. The highest BCUT2D eigenvalue weighted by Crippen LogP contribution is 2.10. The quantitative estimate of drug-likeness (QED) is 0.631. The minimum absolute atomic E-state index is 0.00694. The number of aromatic nitrogens is 2. The van der Waals surface area contributed by atoms with Gasteiger partial charge in [-0.25, -0.2) is 8.78 Å². The normalized spacial score (nSPS) is 10.8. The van der Waals surface area contributed by atoms with E-state index in [0.29, 0.717) is 5.69 Å². The predicted octanol–water partition coefficient (Wildman–Crippen LogP) is 1.18. The van der Waals surface area contributed by atoms with E-state index in [1.54, 1.807) is 14.0 Å². The van der Waals surface area contributed by atoms with Crippen LogP contribution in [0.4, 0.5) is 8.78 Å². The van der Waals surface area contributed by atoms with Gasteiger partial charge in [-0.05, 0) is 6.92 Å². The van der Waals surface area contributed by atoms with Crippen LogP contribution in [-0.2, 0) is 7.05 Å². The highest BCUT2D eigenvalue weighted by atomic mass is 19.3. The summed E-state index contributed by atoms with van der Waals surface area (Å²) in [5.41, 5.74) is 0.452. The Labute approximate surface area is 68.0 Å². The first-order chi connectivity index (χ1) is 5.54. The van der Waals surface area contributed by atoms with Crippen molar-refractivity contribution >= 4 is 5.78 Å². The van der Waals surface area contributed by atoms with E-state index in [2.05, 4.69) is 5.10 Å². The average molecular weight is 174 g/mol. The summed E-state index contributed by atoms with van der Waals surface area (Å²) in [6, 6.07) is 0. The van der Waals surface area contributed by atoms with Gasteiger partial charge in [0.2, 0.25) is 5.78 Å². The Morgan fingerprint density at radius 1 is 1.67 bits per heavy atom. The zero-order chi connectivity index (χ0) is 9.30. The Balaban J connectivity index is 3.04. The predicted molar refractivity (Wildman–Crippen MR) is 38.3 cm³/mol. The van der Waals surface area contributed by atoms with Gasteiger partial charge < -0.3 is 0 Å². The van der Waals surface area contributed by atoms with E-state index in [1.807, 2.05) is 0 Å². The van der Waals surface area contributed by atoms with Crippen LogP contribution >= 0.6 is 0 Å². The summed E-state index contributed by atoms with van der Waals surface area (Å²) in [7, 11) is 1.59. The van der Waals surface area contributed by atoms with Crippen LogP contribution in [0, 0.1) is 6.92 Å². The Morgan fingerprint density at radius 3 is 2.58 bits per heavy atom. The second-order valence-corrected chi connectivity index (χ2v) is 2.43. The number of halogens is 2. The molecule has 0 N–H and O–H groups in total. The monoisotopic (exact) mass is 174 g/mol. The van der Waals surface area contributed by atoms with Crippen LogP contribution in [0.25, 0.3) is 0 Å². The van der Waals surface area contributed by atoms with Gasteiger partial charge in [-0.3, -0.25) is 9.48 Å². The van der Waals surface area contributed by atoms with Crippen molar-refractivity contribution in [3.63, 3.8) is 0 Å². The highest BCUT2D eigenvalue weighted by molar-refractivity contribution is 5.99. The molecule has 0 aliphatic rings. The Kier molecular flexibility index (Phi) is 2.21. The Morgan fingerprint density at radius 2 is 2.25 bits per heavy atom.